The summed E-state index contributed by atoms with van der Waals surface area (Å²) in [5.41, 5.74) is -0.747. The van der Waals surface area contributed by atoms with Crippen molar-refractivity contribution < 1.29 is 19.7 Å². The Labute approximate surface area is 114 Å². The molecule has 0 bridgehead atoms. The lowest BCUT2D eigenvalue weighted by molar-refractivity contribution is -0.0321. The maximum absolute atomic E-state index is 9.90. The van der Waals surface area contributed by atoms with E-state index in [-0.39, 0.29) is 12.7 Å². The van der Waals surface area contributed by atoms with Gasteiger partial charge in [0.2, 0.25) is 0 Å². The van der Waals surface area contributed by atoms with E-state index in [4.69, 9.17) is 9.47 Å². The van der Waals surface area contributed by atoms with Crippen molar-refractivity contribution in [1.29, 1.82) is 0 Å². The third-order valence-corrected chi connectivity index (χ3v) is 3.23. The highest BCUT2D eigenvalue weighted by molar-refractivity contribution is 7.98. The van der Waals surface area contributed by atoms with Gasteiger partial charge in [-0.05, 0) is 20.1 Å². The fourth-order valence-electron chi connectivity index (χ4n) is 1.49. The van der Waals surface area contributed by atoms with Gasteiger partial charge in [-0.1, -0.05) is 0 Å². The molecule has 3 atom stereocenters. The molecule has 0 amide bonds. The molecule has 0 saturated heterocycles. The van der Waals surface area contributed by atoms with Gasteiger partial charge in [0.05, 0.1) is 31.0 Å². The van der Waals surface area contributed by atoms with Gasteiger partial charge in [-0.2, -0.15) is 11.8 Å². The summed E-state index contributed by atoms with van der Waals surface area (Å²) < 4.78 is 10.3. The van der Waals surface area contributed by atoms with Crippen LogP contribution in [0.5, 0.6) is 0 Å². The van der Waals surface area contributed by atoms with E-state index < -0.39 is 11.7 Å². The van der Waals surface area contributed by atoms with Crippen LogP contribution in [-0.4, -0.2) is 73.4 Å². The molecule has 3 N–H and O–H groups in total. The topological polar surface area (TPSA) is 71.0 Å². The van der Waals surface area contributed by atoms with Crippen molar-refractivity contribution >= 4 is 11.8 Å². The summed E-state index contributed by atoms with van der Waals surface area (Å²) in [6, 6.07) is 0. The molecular weight excluding hydrogens is 254 g/mol. The molecule has 6 heteroatoms. The van der Waals surface area contributed by atoms with Crippen LogP contribution in [0.1, 0.15) is 13.8 Å². The molecule has 0 rings (SSSR count). The number of thioether (sulfide) groups is 1. The molecule has 0 aliphatic carbocycles. The van der Waals surface area contributed by atoms with E-state index in [9.17, 15) is 10.2 Å². The Hall–Kier alpha value is 0.150. The van der Waals surface area contributed by atoms with Gasteiger partial charge in [-0.3, -0.25) is 0 Å². The van der Waals surface area contributed by atoms with Crippen LogP contribution in [-0.2, 0) is 9.47 Å². The van der Waals surface area contributed by atoms with E-state index in [1.54, 1.807) is 25.8 Å². The van der Waals surface area contributed by atoms with E-state index in [0.29, 0.717) is 25.4 Å². The number of nitrogens with one attached hydrogen (secondary N) is 1. The standard InChI is InChI=1S/C12H27NO4S/c1-10(6-16-3)17-7-11(14)5-13-8-12(2,15)9-18-4/h10-11,13-15H,5-9H2,1-4H3. The molecule has 18 heavy (non-hydrogen) atoms. The van der Waals surface area contributed by atoms with E-state index in [2.05, 4.69) is 5.32 Å². The zero-order valence-corrected chi connectivity index (χ0v) is 12.6. The van der Waals surface area contributed by atoms with E-state index in [1.165, 1.54) is 0 Å². The zero-order valence-electron chi connectivity index (χ0n) is 11.8. The third kappa shape index (κ3) is 10.1. The number of aliphatic hydroxyl groups excluding tert-OH is 1. The van der Waals surface area contributed by atoms with Crippen molar-refractivity contribution in [2.24, 2.45) is 0 Å². The summed E-state index contributed by atoms with van der Waals surface area (Å²) in [6.07, 6.45) is 1.35. The zero-order chi connectivity index (χ0) is 14.0. The average molecular weight is 281 g/mol. The molecule has 110 valence electrons. The molecule has 0 aliphatic rings. The summed E-state index contributed by atoms with van der Waals surface area (Å²) in [4.78, 5) is 0. The summed E-state index contributed by atoms with van der Waals surface area (Å²) >= 11 is 1.60. The van der Waals surface area contributed by atoms with Crippen LogP contribution in [0.25, 0.3) is 0 Å². The van der Waals surface area contributed by atoms with Gasteiger partial charge < -0.3 is 25.0 Å². The van der Waals surface area contributed by atoms with Crippen molar-refractivity contribution in [2.75, 3.05) is 45.4 Å². The normalized spacial score (nSPS) is 18.3. The first-order chi connectivity index (χ1) is 8.41. The van der Waals surface area contributed by atoms with Gasteiger partial charge in [-0.25, -0.2) is 0 Å². The molecule has 0 heterocycles. The number of rotatable bonds is 11. The fourth-order valence-corrected chi connectivity index (χ4v) is 2.21. The number of aliphatic hydroxyl groups is 2. The lowest BCUT2D eigenvalue weighted by Crippen LogP contribution is -2.43. The first-order valence-corrected chi connectivity index (χ1v) is 7.51. The second-order valence-corrected chi connectivity index (χ2v) is 5.68. The van der Waals surface area contributed by atoms with Crippen LogP contribution in [0, 0.1) is 0 Å². The van der Waals surface area contributed by atoms with Gasteiger partial charge in [0.25, 0.3) is 0 Å². The fraction of sp³-hybridized carbons (Fsp3) is 1.00. The molecule has 0 saturated carbocycles. The summed E-state index contributed by atoms with van der Waals surface area (Å²) in [7, 11) is 1.62. The predicted octanol–water partition coefficient (Wildman–Crippen LogP) is 0.102. The highest BCUT2D eigenvalue weighted by atomic mass is 32.2. The second-order valence-electron chi connectivity index (χ2n) is 4.81. The summed E-state index contributed by atoms with van der Waals surface area (Å²) in [6.45, 7) is 5.32. The molecule has 0 spiro atoms. The minimum absolute atomic E-state index is 0.0238. The minimum Gasteiger partial charge on any atom is -0.389 e. The van der Waals surface area contributed by atoms with Crippen LogP contribution >= 0.6 is 11.8 Å². The minimum atomic E-state index is -0.747. The second kappa shape index (κ2) is 10.00. The molecular formula is C12H27NO4S. The first kappa shape index (κ1) is 18.1. The highest BCUT2D eigenvalue weighted by Crippen LogP contribution is 2.08. The number of methoxy groups -OCH3 is 1. The molecule has 0 aromatic carbocycles. The first-order valence-electron chi connectivity index (χ1n) is 6.12. The van der Waals surface area contributed by atoms with E-state index >= 15 is 0 Å². The number of hydrogen-bond donors (Lipinski definition) is 3. The molecule has 0 aromatic rings. The van der Waals surface area contributed by atoms with Crippen LogP contribution < -0.4 is 5.32 Å². The Morgan fingerprint density at radius 1 is 1.39 bits per heavy atom. The van der Waals surface area contributed by atoms with Gasteiger partial charge in [-0.15, -0.1) is 0 Å². The van der Waals surface area contributed by atoms with Gasteiger partial charge in [0, 0.05) is 26.0 Å². The van der Waals surface area contributed by atoms with Crippen molar-refractivity contribution in [2.45, 2.75) is 31.7 Å². The van der Waals surface area contributed by atoms with E-state index in [1.807, 2.05) is 13.2 Å². The van der Waals surface area contributed by atoms with Gasteiger partial charge in [0.15, 0.2) is 0 Å². The number of hydrogen-bond acceptors (Lipinski definition) is 6. The monoisotopic (exact) mass is 281 g/mol. The summed E-state index contributed by atoms with van der Waals surface area (Å²) in [5.74, 6) is 0.664. The quantitative estimate of drug-likeness (QED) is 0.499. The highest BCUT2D eigenvalue weighted by Gasteiger charge is 2.19. The van der Waals surface area contributed by atoms with E-state index in [0.717, 1.165) is 0 Å². The molecule has 0 aromatic heterocycles. The Bertz CT molecular complexity index is 205. The molecule has 5 nitrogen and oxygen atoms in total. The molecule has 0 fully saturated rings. The maximum atomic E-state index is 9.90. The molecule has 0 aliphatic heterocycles. The van der Waals surface area contributed by atoms with Crippen molar-refractivity contribution in [1.82, 2.24) is 5.32 Å². The lowest BCUT2D eigenvalue weighted by Gasteiger charge is -2.23. The largest absolute Gasteiger partial charge is 0.389 e. The summed E-state index contributed by atoms with van der Waals surface area (Å²) in [5, 5.41) is 22.6. The van der Waals surface area contributed by atoms with Gasteiger partial charge >= 0.3 is 0 Å². The van der Waals surface area contributed by atoms with Crippen molar-refractivity contribution in [3.05, 3.63) is 0 Å². The van der Waals surface area contributed by atoms with Crippen LogP contribution in [0.15, 0.2) is 0 Å². The Balaban J connectivity index is 3.61. The van der Waals surface area contributed by atoms with Gasteiger partial charge in [0.1, 0.15) is 0 Å². The molecule has 3 unspecified atom stereocenters. The predicted molar refractivity (Wildman–Crippen MR) is 75.2 cm³/mol. The number of ether oxygens (including phenoxy) is 2. The maximum Gasteiger partial charge on any atom is 0.0897 e. The third-order valence-electron chi connectivity index (χ3n) is 2.32. The lowest BCUT2D eigenvalue weighted by atomic mass is 10.1. The Morgan fingerprint density at radius 2 is 2.06 bits per heavy atom. The Morgan fingerprint density at radius 3 is 2.61 bits per heavy atom. The molecule has 0 radical (unpaired) electrons. The SMILES string of the molecule is COCC(C)OCC(O)CNCC(C)(O)CSC. The van der Waals surface area contributed by atoms with Crippen molar-refractivity contribution in [3.8, 4) is 0 Å². The smallest absolute Gasteiger partial charge is 0.0897 e. The Kier molecular flexibility index (Phi) is 10.1. The van der Waals surface area contributed by atoms with Crippen molar-refractivity contribution in [3.63, 3.8) is 0 Å². The van der Waals surface area contributed by atoms with Crippen LogP contribution in [0.3, 0.4) is 0 Å². The average Bonchev–Trinajstić information content (AvgIpc) is 2.26. The van der Waals surface area contributed by atoms with Crippen LogP contribution in [0.4, 0.5) is 0 Å². The van der Waals surface area contributed by atoms with Crippen LogP contribution in [0.2, 0.25) is 0 Å².